The van der Waals surface area contributed by atoms with Crippen molar-refractivity contribution in [2.75, 3.05) is 74.1 Å². The van der Waals surface area contributed by atoms with Gasteiger partial charge in [-0.05, 0) is 51.6 Å². The molecule has 2 fully saturated rings. The van der Waals surface area contributed by atoms with Crippen molar-refractivity contribution in [2.45, 2.75) is 31.8 Å². The van der Waals surface area contributed by atoms with Gasteiger partial charge in [0.1, 0.15) is 5.75 Å². The Morgan fingerprint density at radius 2 is 1.67 bits per heavy atom. The van der Waals surface area contributed by atoms with Gasteiger partial charge in [-0.1, -0.05) is 12.1 Å². The molecule has 8 nitrogen and oxygen atoms in total. The number of piperazine rings is 1. The Morgan fingerprint density at radius 1 is 1.06 bits per heavy atom. The Hall–Kier alpha value is -1.59. The van der Waals surface area contributed by atoms with Crippen LogP contribution in [0.1, 0.15) is 31.4 Å². The van der Waals surface area contributed by atoms with Crippen LogP contribution in [-0.2, 0) is 4.79 Å². The number of ether oxygens (including phenoxy) is 1. The number of rotatable bonds is 7. The second-order valence-corrected chi connectivity index (χ2v) is 8.91. The standard InChI is InChI=1S/C24H40N6O2.HI/c1-19(23(31)29-12-6-7-13-29)28-14-16-30(17-15-28)24(25-2)26-18-22(27(3)4)20-8-10-21(32-5)11-9-20;/h8-11,19,22H,6-7,12-18H2,1-5H3,(H,25,26);1H. The SMILES string of the molecule is CN=C(NCC(c1ccc(OC)cc1)N(C)C)N1CCN(C(C)C(=O)N2CCCC2)CC1.I. The summed E-state index contributed by atoms with van der Waals surface area (Å²) in [6.07, 6.45) is 2.28. The van der Waals surface area contributed by atoms with Crippen molar-refractivity contribution in [1.29, 1.82) is 0 Å². The highest BCUT2D eigenvalue weighted by Crippen LogP contribution is 2.21. The summed E-state index contributed by atoms with van der Waals surface area (Å²) in [4.78, 5) is 26.1. The largest absolute Gasteiger partial charge is 0.497 e. The maximum Gasteiger partial charge on any atom is 0.239 e. The summed E-state index contributed by atoms with van der Waals surface area (Å²) in [5, 5.41) is 3.57. The van der Waals surface area contributed by atoms with Crippen LogP contribution in [0.5, 0.6) is 5.75 Å². The van der Waals surface area contributed by atoms with E-state index in [2.05, 4.69) is 58.2 Å². The number of benzene rings is 1. The molecule has 3 rings (SSSR count). The Balaban J connectivity index is 0.00000385. The molecule has 0 radical (unpaired) electrons. The highest BCUT2D eigenvalue weighted by molar-refractivity contribution is 14.0. The summed E-state index contributed by atoms with van der Waals surface area (Å²) in [6.45, 7) is 8.13. The minimum atomic E-state index is -0.0431. The number of methoxy groups -OCH3 is 1. The van der Waals surface area contributed by atoms with Crippen LogP contribution in [-0.4, -0.2) is 112 Å². The van der Waals surface area contributed by atoms with Gasteiger partial charge in [0.25, 0.3) is 0 Å². The maximum absolute atomic E-state index is 12.8. The van der Waals surface area contributed by atoms with Crippen molar-refractivity contribution in [3.05, 3.63) is 29.8 Å². The lowest BCUT2D eigenvalue weighted by Gasteiger charge is -2.40. The Bertz CT molecular complexity index is 759. The van der Waals surface area contributed by atoms with E-state index < -0.39 is 0 Å². The number of likely N-dealkylation sites (N-methyl/N-ethyl adjacent to an activating group) is 1. The van der Waals surface area contributed by atoms with Crippen LogP contribution < -0.4 is 10.1 Å². The number of likely N-dealkylation sites (tertiary alicyclic amines) is 1. The third-order valence-electron chi connectivity index (χ3n) is 6.73. The van der Waals surface area contributed by atoms with Crippen molar-refractivity contribution in [2.24, 2.45) is 4.99 Å². The van der Waals surface area contributed by atoms with Crippen molar-refractivity contribution < 1.29 is 9.53 Å². The van der Waals surface area contributed by atoms with Crippen LogP contribution in [0, 0.1) is 0 Å². The van der Waals surface area contributed by atoms with E-state index in [1.54, 1.807) is 7.11 Å². The molecule has 9 heteroatoms. The van der Waals surface area contributed by atoms with E-state index in [0.29, 0.717) is 0 Å². The van der Waals surface area contributed by atoms with E-state index in [4.69, 9.17) is 4.74 Å². The number of aliphatic imine (C=N–C) groups is 1. The first-order valence-electron chi connectivity index (χ1n) is 11.7. The van der Waals surface area contributed by atoms with Crippen molar-refractivity contribution in [3.63, 3.8) is 0 Å². The summed E-state index contributed by atoms with van der Waals surface area (Å²) < 4.78 is 5.29. The molecule has 2 heterocycles. The molecule has 0 bridgehead atoms. The highest BCUT2D eigenvalue weighted by atomic mass is 127. The number of hydrogen-bond donors (Lipinski definition) is 1. The van der Waals surface area contributed by atoms with E-state index in [9.17, 15) is 4.79 Å². The van der Waals surface area contributed by atoms with Crippen LogP contribution in [0.3, 0.4) is 0 Å². The summed E-state index contributed by atoms with van der Waals surface area (Å²) in [5.74, 6) is 2.07. The van der Waals surface area contributed by atoms with Crippen LogP contribution in [0.4, 0.5) is 0 Å². The van der Waals surface area contributed by atoms with E-state index in [1.165, 1.54) is 5.56 Å². The monoisotopic (exact) mass is 572 g/mol. The van der Waals surface area contributed by atoms with Crippen LogP contribution in [0.2, 0.25) is 0 Å². The Labute approximate surface area is 216 Å². The summed E-state index contributed by atoms with van der Waals surface area (Å²) in [7, 11) is 7.72. The zero-order valence-electron chi connectivity index (χ0n) is 20.8. The lowest BCUT2D eigenvalue weighted by Crippen LogP contribution is -2.57. The first kappa shape index (κ1) is 27.7. The predicted molar refractivity (Wildman–Crippen MR) is 145 cm³/mol. The number of carbonyl (C=O) groups is 1. The molecule has 0 aliphatic carbocycles. The second kappa shape index (κ2) is 13.3. The molecule has 1 amide bonds. The van der Waals surface area contributed by atoms with Gasteiger partial charge in [0.2, 0.25) is 5.91 Å². The highest BCUT2D eigenvalue weighted by Gasteiger charge is 2.30. The van der Waals surface area contributed by atoms with Crippen LogP contribution >= 0.6 is 24.0 Å². The quantitative estimate of drug-likeness (QED) is 0.307. The van der Waals surface area contributed by atoms with Gasteiger partial charge in [-0.25, -0.2) is 0 Å². The van der Waals surface area contributed by atoms with Gasteiger partial charge in [0.15, 0.2) is 5.96 Å². The first-order chi connectivity index (χ1) is 15.4. The predicted octanol–water partition coefficient (Wildman–Crippen LogP) is 2.12. The normalized spacial score (nSPS) is 19.3. The van der Waals surface area contributed by atoms with Gasteiger partial charge in [-0.3, -0.25) is 14.7 Å². The number of amides is 1. The summed E-state index contributed by atoms with van der Waals surface area (Å²) in [5.41, 5.74) is 1.23. The molecule has 2 atom stereocenters. The number of guanidine groups is 1. The van der Waals surface area contributed by atoms with Crippen molar-refractivity contribution in [3.8, 4) is 5.75 Å². The van der Waals surface area contributed by atoms with E-state index in [-0.39, 0.29) is 42.0 Å². The van der Waals surface area contributed by atoms with Crippen molar-refractivity contribution >= 4 is 35.8 Å². The molecule has 1 aromatic carbocycles. The van der Waals surface area contributed by atoms with Gasteiger partial charge in [-0.15, -0.1) is 24.0 Å². The summed E-state index contributed by atoms with van der Waals surface area (Å²) >= 11 is 0. The minimum Gasteiger partial charge on any atom is -0.497 e. The van der Waals surface area contributed by atoms with E-state index in [0.717, 1.165) is 70.4 Å². The third-order valence-corrected chi connectivity index (χ3v) is 6.73. The van der Waals surface area contributed by atoms with Crippen molar-refractivity contribution in [1.82, 2.24) is 24.9 Å². The maximum atomic E-state index is 12.8. The van der Waals surface area contributed by atoms with Gasteiger partial charge in [-0.2, -0.15) is 0 Å². The van der Waals surface area contributed by atoms with E-state index in [1.807, 2.05) is 24.1 Å². The molecule has 2 unspecified atom stereocenters. The molecule has 0 aromatic heterocycles. The molecule has 186 valence electrons. The molecule has 2 aliphatic rings. The Kier molecular flexibility index (Phi) is 11.2. The Morgan fingerprint density at radius 3 is 2.18 bits per heavy atom. The second-order valence-electron chi connectivity index (χ2n) is 8.91. The molecular formula is C24H41IN6O2. The zero-order valence-corrected chi connectivity index (χ0v) is 23.1. The number of halogens is 1. The fraction of sp³-hybridized carbons (Fsp3) is 0.667. The first-order valence-corrected chi connectivity index (χ1v) is 11.7. The zero-order chi connectivity index (χ0) is 23.1. The number of carbonyl (C=O) groups excluding carboxylic acids is 1. The molecule has 0 spiro atoms. The topological polar surface area (TPSA) is 63.7 Å². The average Bonchev–Trinajstić information content (AvgIpc) is 3.36. The fourth-order valence-electron chi connectivity index (χ4n) is 4.62. The van der Waals surface area contributed by atoms with E-state index >= 15 is 0 Å². The molecule has 0 saturated carbocycles. The number of nitrogens with one attached hydrogen (secondary N) is 1. The molecule has 33 heavy (non-hydrogen) atoms. The smallest absolute Gasteiger partial charge is 0.239 e. The number of nitrogens with zero attached hydrogens (tertiary/aromatic N) is 5. The number of hydrogen-bond acceptors (Lipinski definition) is 5. The summed E-state index contributed by atoms with van der Waals surface area (Å²) in [6, 6.07) is 8.42. The molecular weight excluding hydrogens is 531 g/mol. The fourth-order valence-corrected chi connectivity index (χ4v) is 4.62. The van der Waals surface area contributed by atoms with Gasteiger partial charge in [0.05, 0.1) is 19.2 Å². The van der Waals surface area contributed by atoms with Gasteiger partial charge in [0, 0.05) is 52.9 Å². The molecule has 1 aromatic rings. The third kappa shape index (κ3) is 7.19. The minimum absolute atomic E-state index is 0. The van der Waals surface area contributed by atoms with Crippen LogP contribution in [0.15, 0.2) is 29.3 Å². The van der Waals surface area contributed by atoms with Gasteiger partial charge >= 0.3 is 0 Å². The molecule has 2 saturated heterocycles. The van der Waals surface area contributed by atoms with Gasteiger partial charge < -0.3 is 24.8 Å². The molecule has 1 N–H and O–H groups in total. The lowest BCUT2D eigenvalue weighted by molar-refractivity contribution is -0.135. The average molecular weight is 573 g/mol. The lowest BCUT2D eigenvalue weighted by atomic mass is 10.1. The van der Waals surface area contributed by atoms with Crippen LogP contribution in [0.25, 0.3) is 0 Å². The molecule has 2 aliphatic heterocycles.